The second-order valence-corrected chi connectivity index (χ2v) is 4.39. The maximum Gasteiger partial charge on any atom is 0.337 e. The molecule has 0 aromatic rings. The molecule has 0 radical (unpaired) electrons. The predicted molar refractivity (Wildman–Crippen MR) is 56.4 cm³/mol. The first-order valence-electron chi connectivity index (χ1n) is 3.57. The first-order valence-corrected chi connectivity index (χ1v) is 5.46. The maximum absolute atomic E-state index is 10.7. The summed E-state index contributed by atoms with van der Waals surface area (Å²) >= 11 is 11.3. The van der Waals surface area contributed by atoms with Gasteiger partial charge in [0.25, 0.3) is 0 Å². The molecule has 0 heterocycles. The first kappa shape index (κ1) is 12.1. The summed E-state index contributed by atoms with van der Waals surface area (Å²) in [6, 6.07) is 0. The van der Waals surface area contributed by atoms with E-state index in [1.165, 1.54) is 0 Å². The fraction of sp³-hybridized carbons (Fsp3) is 0.143. The van der Waals surface area contributed by atoms with Crippen molar-refractivity contribution in [2.75, 3.05) is 0 Å². The SMILES string of the molecule is NC1=C(Cl)C(C(=O)O)=CC(=S(=O)=O)C1Cl. The first-order chi connectivity index (χ1) is 6.86. The van der Waals surface area contributed by atoms with Crippen molar-refractivity contribution >= 4 is 44.3 Å². The average Bonchev–Trinajstić information content (AvgIpc) is 2.13. The number of rotatable bonds is 1. The summed E-state index contributed by atoms with van der Waals surface area (Å²) in [4.78, 5) is 10.4. The zero-order valence-corrected chi connectivity index (χ0v) is 9.40. The van der Waals surface area contributed by atoms with Crippen LogP contribution in [0.15, 0.2) is 22.4 Å². The van der Waals surface area contributed by atoms with Crippen LogP contribution in [0.5, 0.6) is 0 Å². The van der Waals surface area contributed by atoms with Crippen molar-refractivity contribution in [3.05, 3.63) is 22.4 Å². The van der Waals surface area contributed by atoms with Crippen LogP contribution in [0.2, 0.25) is 0 Å². The summed E-state index contributed by atoms with van der Waals surface area (Å²) in [5.41, 5.74) is 4.83. The molecule has 0 saturated carbocycles. The lowest BCUT2D eigenvalue weighted by Gasteiger charge is -2.16. The fourth-order valence-corrected chi connectivity index (χ4v) is 2.19. The van der Waals surface area contributed by atoms with Gasteiger partial charge < -0.3 is 10.8 Å². The zero-order chi connectivity index (χ0) is 11.7. The van der Waals surface area contributed by atoms with E-state index in [9.17, 15) is 13.2 Å². The van der Waals surface area contributed by atoms with E-state index in [1.807, 2.05) is 0 Å². The Hall–Kier alpha value is -0.980. The van der Waals surface area contributed by atoms with E-state index >= 15 is 0 Å². The molecule has 8 heteroatoms. The van der Waals surface area contributed by atoms with Crippen molar-refractivity contribution < 1.29 is 18.3 Å². The number of hydrogen-bond donors (Lipinski definition) is 2. The van der Waals surface area contributed by atoms with Crippen LogP contribution in [-0.2, 0) is 15.1 Å². The second-order valence-electron chi connectivity index (χ2n) is 2.63. The topological polar surface area (TPSA) is 97.5 Å². The smallest absolute Gasteiger partial charge is 0.337 e. The number of nitrogens with two attached hydrogens (primary N) is 1. The highest BCUT2D eigenvalue weighted by Crippen LogP contribution is 2.27. The van der Waals surface area contributed by atoms with Crippen LogP contribution in [-0.4, -0.2) is 29.7 Å². The van der Waals surface area contributed by atoms with Crippen LogP contribution in [0.25, 0.3) is 0 Å². The number of carboxylic acid groups (broad SMARTS) is 1. The van der Waals surface area contributed by atoms with Crippen molar-refractivity contribution in [1.29, 1.82) is 0 Å². The highest BCUT2D eigenvalue weighted by Gasteiger charge is 2.28. The zero-order valence-electron chi connectivity index (χ0n) is 7.07. The summed E-state index contributed by atoms with van der Waals surface area (Å²) in [5, 5.41) is 7.35. The average molecular weight is 270 g/mol. The molecule has 15 heavy (non-hydrogen) atoms. The Morgan fingerprint density at radius 1 is 1.53 bits per heavy atom. The van der Waals surface area contributed by atoms with E-state index in [4.69, 9.17) is 34.0 Å². The standard InChI is InChI=1S/C7H5Cl2NO4S/c8-4-2(7(11)12)1-3(15(13)14)5(9)6(4)10/h1,5H,10H2,(H,11,12). The molecule has 0 aromatic carbocycles. The molecule has 0 fully saturated rings. The van der Waals surface area contributed by atoms with Gasteiger partial charge in [0.1, 0.15) is 5.38 Å². The number of halogens is 2. The molecule has 0 bridgehead atoms. The minimum absolute atomic E-state index is 0.183. The summed E-state index contributed by atoms with van der Waals surface area (Å²) in [7, 11) is -2.63. The maximum atomic E-state index is 10.7. The van der Waals surface area contributed by atoms with E-state index < -0.39 is 21.6 Å². The van der Waals surface area contributed by atoms with Crippen LogP contribution in [0.1, 0.15) is 0 Å². The highest BCUT2D eigenvalue weighted by atomic mass is 35.5. The minimum Gasteiger partial charge on any atom is -0.478 e. The Labute approximate surface area is 96.3 Å². The summed E-state index contributed by atoms with van der Waals surface area (Å²) < 4.78 is 21.4. The number of alkyl halides is 1. The number of aliphatic carboxylic acids is 1. The summed E-state index contributed by atoms with van der Waals surface area (Å²) in [6.07, 6.45) is 0.891. The minimum atomic E-state index is -2.63. The molecule has 0 aromatic heterocycles. The molecule has 0 amide bonds. The predicted octanol–water partition coefficient (Wildman–Crippen LogP) is 0.0790. The normalized spacial score (nSPS) is 21.3. The quantitative estimate of drug-likeness (QED) is 0.519. The van der Waals surface area contributed by atoms with Gasteiger partial charge in [0.2, 0.25) is 10.3 Å². The Kier molecular flexibility index (Phi) is 3.43. The third-order valence-corrected chi connectivity index (χ3v) is 3.48. The van der Waals surface area contributed by atoms with Crippen molar-refractivity contribution in [2.24, 2.45) is 5.73 Å². The largest absolute Gasteiger partial charge is 0.478 e. The van der Waals surface area contributed by atoms with Gasteiger partial charge in [-0.3, -0.25) is 0 Å². The molecule has 1 rings (SSSR count). The Balaban J connectivity index is 3.50. The van der Waals surface area contributed by atoms with Gasteiger partial charge >= 0.3 is 5.97 Å². The van der Waals surface area contributed by atoms with Crippen molar-refractivity contribution in [3.63, 3.8) is 0 Å². The van der Waals surface area contributed by atoms with Gasteiger partial charge in [-0.05, 0) is 6.08 Å². The Morgan fingerprint density at radius 3 is 2.47 bits per heavy atom. The number of carboxylic acids is 1. The van der Waals surface area contributed by atoms with Crippen LogP contribution < -0.4 is 5.73 Å². The fourth-order valence-electron chi connectivity index (χ4n) is 0.987. The monoisotopic (exact) mass is 269 g/mol. The molecule has 1 atom stereocenters. The van der Waals surface area contributed by atoms with Gasteiger partial charge in [0.05, 0.1) is 21.2 Å². The third-order valence-electron chi connectivity index (χ3n) is 1.72. The molecular weight excluding hydrogens is 265 g/mol. The van der Waals surface area contributed by atoms with Crippen molar-refractivity contribution in [3.8, 4) is 0 Å². The second kappa shape index (κ2) is 4.26. The molecule has 0 aliphatic heterocycles. The number of hydrogen-bond acceptors (Lipinski definition) is 4. The van der Waals surface area contributed by atoms with Gasteiger partial charge in [-0.15, -0.1) is 11.6 Å². The van der Waals surface area contributed by atoms with Crippen molar-refractivity contribution in [2.45, 2.75) is 5.38 Å². The Bertz CT molecular complexity index is 509. The van der Waals surface area contributed by atoms with E-state index in [2.05, 4.69) is 0 Å². The van der Waals surface area contributed by atoms with E-state index in [-0.39, 0.29) is 21.2 Å². The summed E-state index contributed by atoms with van der Waals surface area (Å²) in [6.45, 7) is 0. The molecule has 0 saturated heterocycles. The van der Waals surface area contributed by atoms with Crippen LogP contribution in [0.4, 0.5) is 0 Å². The highest BCUT2D eigenvalue weighted by molar-refractivity contribution is 7.73. The molecule has 3 N–H and O–H groups in total. The number of carbonyl (C=O) groups is 1. The van der Waals surface area contributed by atoms with E-state index in [0.29, 0.717) is 0 Å². The van der Waals surface area contributed by atoms with Gasteiger partial charge in [-0.2, -0.15) is 8.42 Å². The number of allylic oxidation sites excluding steroid dienone is 2. The van der Waals surface area contributed by atoms with Gasteiger partial charge in [-0.25, -0.2) is 4.79 Å². The third kappa shape index (κ3) is 2.17. The van der Waals surface area contributed by atoms with Crippen LogP contribution in [0.3, 0.4) is 0 Å². The molecule has 82 valence electrons. The molecule has 5 nitrogen and oxygen atoms in total. The molecule has 1 aliphatic rings. The van der Waals surface area contributed by atoms with Crippen LogP contribution >= 0.6 is 23.2 Å². The Morgan fingerprint density at radius 2 is 2.07 bits per heavy atom. The molecule has 1 aliphatic carbocycles. The van der Waals surface area contributed by atoms with E-state index in [1.54, 1.807) is 0 Å². The molecule has 1 unspecified atom stereocenters. The molecular formula is C7H5Cl2NO4S. The van der Waals surface area contributed by atoms with Crippen molar-refractivity contribution in [1.82, 2.24) is 0 Å². The van der Waals surface area contributed by atoms with E-state index in [0.717, 1.165) is 6.08 Å². The lowest BCUT2D eigenvalue weighted by atomic mass is 10.0. The van der Waals surface area contributed by atoms with Gasteiger partial charge in [-0.1, -0.05) is 11.6 Å². The lowest BCUT2D eigenvalue weighted by Crippen LogP contribution is -2.28. The summed E-state index contributed by atoms with van der Waals surface area (Å²) in [5.74, 6) is -1.37. The lowest BCUT2D eigenvalue weighted by molar-refractivity contribution is -0.132. The van der Waals surface area contributed by atoms with Gasteiger partial charge in [0.15, 0.2) is 0 Å². The van der Waals surface area contributed by atoms with Gasteiger partial charge in [0, 0.05) is 0 Å². The molecule has 0 spiro atoms. The van der Waals surface area contributed by atoms with Crippen LogP contribution in [0, 0.1) is 0 Å².